The molecule has 0 amide bonds. The lowest BCUT2D eigenvalue weighted by Gasteiger charge is -2.22. The van der Waals surface area contributed by atoms with Crippen molar-refractivity contribution >= 4 is 11.9 Å². The first-order valence-corrected chi connectivity index (χ1v) is 19.9. The number of rotatable bonds is 34. The van der Waals surface area contributed by atoms with E-state index < -0.39 is 0 Å². The van der Waals surface area contributed by atoms with Gasteiger partial charge in [0, 0.05) is 5.92 Å². The molecule has 0 aliphatic heterocycles. The molecule has 4 nitrogen and oxygen atoms in total. The number of carbonyl (C=O) groups excluding carboxylic acids is 2. The predicted molar refractivity (Wildman–Crippen MR) is 190 cm³/mol. The Morgan fingerprint density at radius 2 is 0.614 bits per heavy atom. The molecule has 2 atom stereocenters. The Labute approximate surface area is 276 Å². The molecular weight excluding hydrogens is 544 g/mol. The summed E-state index contributed by atoms with van der Waals surface area (Å²) < 4.78 is 12.0. The summed E-state index contributed by atoms with van der Waals surface area (Å²) >= 11 is 0. The highest BCUT2D eigenvalue weighted by atomic mass is 16.5. The van der Waals surface area contributed by atoms with E-state index in [4.69, 9.17) is 9.47 Å². The van der Waals surface area contributed by atoms with E-state index in [-0.39, 0.29) is 29.7 Å². The third-order valence-electron chi connectivity index (χ3n) is 9.43. The van der Waals surface area contributed by atoms with Crippen LogP contribution in [-0.4, -0.2) is 25.2 Å². The number of esters is 2. The van der Waals surface area contributed by atoms with E-state index >= 15 is 0 Å². The molecule has 0 N–H and O–H groups in total. The van der Waals surface area contributed by atoms with Crippen LogP contribution in [-0.2, 0) is 19.1 Å². The number of hydrogen-bond acceptors (Lipinski definition) is 4. The lowest BCUT2D eigenvalue weighted by atomic mass is 9.94. The van der Waals surface area contributed by atoms with Crippen LogP contribution < -0.4 is 0 Å². The first-order chi connectivity index (χ1) is 21.5. The molecule has 2 unspecified atom stereocenters. The fourth-order valence-electron chi connectivity index (χ4n) is 6.27. The summed E-state index contributed by atoms with van der Waals surface area (Å²) in [6.07, 6.45) is 32.6. The Morgan fingerprint density at radius 3 is 0.955 bits per heavy atom. The van der Waals surface area contributed by atoms with Gasteiger partial charge in [-0.3, -0.25) is 9.59 Å². The highest BCUT2D eigenvalue weighted by Crippen LogP contribution is 2.23. The van der Waals surface area contributed by atoms with Gasteiger partial charge in [0.15, 0.2) is 0 Å². The molecule has 0 aliphatic rings. The summed E-state index contributed by atoms with van der Waals surface area (Å²) in [7, 11) is 0. The Bertz CT molecular complexity index is 570. The third kappa shape index (κ3) is 26.2. The number of unbranched alkanes of at least 4 members (excludes halogenated alkanes) is 18. The zero-order chi connectivity index (χ0) is 32.5. The maximum Gasteiger partial charge on any atom is 0.308 e. The van der Waals surface area contributed by atoms with Crippen molar-refractivity contribution in [3.05, 3.63) is 0 Å². The Kier molecular flexibility index (Phi) is 32.5. The van der Waals surface area contributed by atoms with Crippen LogP contribution in [0.1, 0.15) is 214 Å². The van der Waals surface area contributed by atoms with E-state index in [0.717, 1.165) is 77.0 Å². The lowest BCUT2D eigenvalue weighted by Crippen LogP contribution is -2.26. The van der Waals surface area contributed by atoms with Crippen LogP contribution in [0.25, 0.3) is 0 Å². The summed E-state index contributed by atoms with van der Waals surface area (Å²) in [5.74, 6) is 0.0971. The molecule has 44 heavy (non-hydrogen) atoms. The standard InChI is InChI=1S/C40H78O4/c1-6-11-16-20-22-27-32-37(30-25-18-13-8-3)39(41)43-34-36(29-24-15-10-5)35-44-40(42)38(31-26-19-14-9-4)33-28-23-21-17-12-7-2/h36-38H,6-35H2,1-5H3. The van der Waals surface area contributed by atoms with Crippen molar-refractivity contribution in [2.45, 2.75) is 214 Å². The zero-order valence-corrected chi connectivity index (χ0v) is 30.6. The maximum absolute atomic E-state index is 13.3. The van der Waals surface area contributed by atoms with E-state index in [0.29, 0.717) is 13.2 Å². The van der Waals surface area contributed by atoms with Crippen molar-refractivity contribution in [2.75, 3.05) is 13.2 Å². The molecule has 262 valence electrons. The van der Waals surface area contributed by atoms with Crippen LogP contribution in [0.15, 0.2) is 0 Å². The van der Waals surface area contributed by atoms with Gasteiger partial charge >= 0.3 is 11.9 Å². The second-order valence-electron chi connectivity index (χ2n) is 13.8. The highest BCUT2D eigenvalue weighted by Gasteiger charge is 2.24. The highest BCUT2D eigenvalue weighted by molar-refractivity contribution is 5.73. The summed E-state index contributed by atoms with van der Waals surface area (Å²) in [4.78, 5) is 26.6. The maximum atomic E-state index is 13.3. The van der Waals surface area contributed by atoms with Gasteiger partial charge in [0.05, 0.1) is 25.0 Å². The molecule has 0 bridgehead atoms. The number of ether oxygens (including phenoxy) is 2. The normalized spacial score (nSPS) is 13.5. The SMILES string of the molecule is CCCCCCCCC(CCCCCC)C(=O)OCC(CCCCC)COC(=O)C(CCCCCC)CCCCCCCC. The minimum Gasteiger partial charge on any atom is -0.465 e. The largest absolute Gasteiger partial charge is 0.465 e. The number of hydrogen-bond donors (Lipinski definition) is 0. The second-order valence-corrected chi connectivity index (χ2v) is 13.8. The van der Waals surface area contributed by atoms with Crippen LogP contribution in [0.4, 0.5) is 0 Å². The summed E-state index contributed by atoms with van der Waals surface area (Å²) in [6.45, 7) is 12.0. The molecule has 0 saturated carbocycles. The van der Waals surface area contributed by atoms with Crippen molar-refractivity contribution in [3.8, 4) is 0 Å². The molecule has 4 heteroatoms. The van der Waals surface area contributed by atoms with Crippen molar-refractivity contribution in [3.63, 3.8) is 0 Å². The van der Waals surface area contributed by atoms with Gasteiger partial charge in [-0.1, -0.05) is 182 Å². The summed E-state index contributed by atoms with van der Waals surface area (Å²) in [6, 6.07) is 0. The molecular formula is C40H78O4. The van der Waals surface area contributed by atoms with Crippen LogP contribution >= 0.6 is 0 Å². The predicted octanol–water partition coefficient (Wildman–Crippen LogP) is 12.9. The summed E-state index contributed by atoms with van der Waals surface area (Å²) in [5.41, 5.74) is 0. The van der Waals surface area contributed by atoms with Gasteiger partial charge in [-0.05, 0) is 32.1 Å². The molecule has 0 aromatic carbocycles. The minimum absolute atomic E-state index is 0.0150. The van der Waals surface area contributed by atoms with Gasteiger partial charge in [0.1, 0.15) is 0 Å². The number of carbonyl (C=O) groups is 2. The van der Waals surface area contributed by atoms with Crippen molar-refractivity contribution in [1.29, 1.82) is 0 Å². The molecule has 0 aromatic heterocycles. The van der Waals surface area contributed by atoms with Crippen molar-refractivity contribution in [2.24, 2.45) is 17.8 Å². The first kappa shape index (κ1) is 42.9. The van der Waals surface area contributed by atoms with Crippen LogP contribution in [0.3, 0.4) is 0 Å². The van der Waals surface area contributed by atoms with Crippen LogP contribution in [0.5, 0.6) is 0 Å². The average molecular weight is 623 g/mol. The van der Waals surface area contributed by atoms with Crippen molar-refractivity contribution < 1.29 is 19.1 Å². The molecule has 0 rings (SSSR count). The van der Waals surface area contributed by atoms with Gasteiger partial charge in [-0.2, -0.15) is 0 Å². The third-order valence-corrected chi connectivity index (χ3v) is 9.43. The molecule has 0 saturated heterocycles. The lowest BCUT2D eigenvalue weighted by molar-refractivity contribution is -0.155. The zero-order valence-electron chi connectivity index (χ0n) is 30.6. The second kappa shape index (κ2) is 33.3. The monoisotopic (exact) mass is 623 g/mol. The smallest absolute Gasteiger partial charge is 0.308 e. The summed E-state index contributed by atoms with van der Waals surface area (Å²) in [5, 5.41) is 0. The molecule has 0 heterocycles. The van der Waals surface area contributed by atoms with E-state index in [1.807, 2.05) is 0 Å². The van der Waals surface area contributed by atoms with Gasteiger partial charge in [-0.15, -0.1) is 0 Å². The van der Waals surface area contributed by atoms with E-state index in [1.165, 1.54) is 103 Å². The molecule has 0 radical (unpaired) electrons. The van der Waals surface area contributed by atoms with Gasteiger partial charge in [-0.25, -0.2) is 0 Å². The molecule has 0 aromatic rings. The van der Waals surface area contributed by atoms with E-state index in [9.17, 15) is 9.59 Å². The first-order valence-electron chi connectivity index (χ1n) is 19.9. The van der Waals surface area contributed by atoms with Gasteiger partial charge in [0.25, 0.3) is 0 Å². The quantitative estimate of drug-likeness (QED) is 0.0529. The van der Waals surface area contributed by atoms with Crippen LogP contribution in [0.2, 0.25) is 0 Å². The molecule has 0 aliphatic carbocycles. The molecule has 0 fully saturated rings. The minimum atomic E-state index is -0.0150. The van der Waals surface area contributed by atoms with Gasteiger partial charge in [0.2, 0.25) is 0 Å². The Morgan fingerprint density at radius 1 is 0.364 bits per heavy atom. The fourth-order valence-corrected chi connectivity index (χ4v) is 6.27. The van der Waals surface area contributed by atoms with Crippen molar-refractivity contribution in [1.82, 2.24) is 0 Å². The van der Waals surface area contributed by atoms with E-state index in [1.54, 1.807) is 0 Å². The van der Waals surface area contributed by atoms with Crippen LogP contribution in [0, 0.1) is 17.8 Å². The Balaban J connectivity index is 5.04. The van der Waals surface area contributed by atoms with E-state index in [2.05, 4.69) is 34.6 Å². The van der Waals surface area contributed by atoms with Gasteiger partial charge < -0.3 is 9.47 Å². The fraction of sp³-hybridized carbons (Fsp3) is 0.950. The average Bonchev–Trinajstić information content (AvgIpc) is 3.03. The Hall–Kier alpha value is -1.06. The topological polar surface area (TPSA) is 52.6 Å². The molecule has 0 spiro atoms.